The fourth-order valence-electron chi connectivity index (χ4n) is 4.70. The Bertz CT molecular complexity index is 1430. The van der Waals surface area contributed by atoms with Crippen LogP contribution in [0.25, 0.3) is 0 Å². The Morgan fingerprint density at radius 2 is 1.83 bits per heavy atom. The van der Waals surface area contributed by atoms with Crippen LogP contribution in [0.1, 0.15) is 57.8 Å². The van der Waals surface area contributed by atoms with Gasteiger partial charge >= 0.3 is 5.97 Å². The molecule has 42 heavy (non-hydrogen) atoms. The van der Waals surface area contributed by atoms with Gasteiger partial charge in [0.25, 0.3) is 5.91 Å². The lowest BCUT2D eigenvalue weighted by Gasteiger charge is -2.33. The van der Waals surface area contributed by atoms with E-state index < -0.39 is 51.9 Å². The summed E-state index contributed by atoms with van der Waals surface area (Å²) in [4.78, 5) is 40.1. The number of hydrogen-bond donors (Lipinski definition) is 1. The number of nitrogens with zero attached hydrogens (tertiary/aromatic N) is 1. The summed E-state index contributed by atoms with van der Waals surface area (Å²) >= 11 is 6.44. The zero-order valence-corrected chi connectivity index (χ0v) is 26.1. The van der Waals surface area contributed by atoms with Crippen molar-refractivity contribution in [3.05, 3.63) is 52.5 Å². The van der Waals surface area contributed by atoms with Crippen LogP contribution < -0.4 is 19.1 Å². The second-order valence-corrected chi connectivity index (χ2v) is 13.0. The number of anilines is 1. The average molecular weight is 625 g/mol. The quantitative estimate of drug-likeness (QED) is 0.347. The standard InChI is InChI=1S/C29H37ClN2O9S/c1-7-13-42(36,37)31-25(34)15-24-28(35)32(16-29(3,4)17-40-18(2)33)22-12-11-19(30)14-21(22)26(41-24)20-9-8-10-23(38-5)27(20)39-6/h8-12,14,24,26H,7,13,15-17H2,1-6H3,(H,31,34)/t24-,26-/m1/s1. The van der Waals surface area contributed by atoms with Crippen LogP contribution in [0.3, 0.4) is 0 Å². The highest BCUT2D eigenvalue weighted by atomic mass is 35.5. The van der Waals surface area contributed by atoms with Crippen molar-refractivity contribution in [1.82, 2.24) is 4.72 Å². The van der Waals surface area contributed by atoms with Crippen molar-refractivity contribution >= 4 is 45.1 Å². The Labute approximate surface area is 251 Å². The number of methoxy groups -OCH3 is 2. The van der Waals surface area contributed by atoms with E-state index in [9.17, 15) is 22.8 Å². The zero-order valence-electron chi connectivity index (χ0n) is 24.6. The van der Waals surface area contributed by atoms with Gasteiger partial charge in [-0.1, -0.05) is 44.5 Å². The van der Waals surface area contributed by atoms with Gasteiger partial charge in [-0.3, -0.25) is 19.1 Å². The van der Waals surface area contributed by atoms with E-state index in [4.69, 9.17) is 30.5 Å². The van der Waals surface area contributed by atoms with Crippen LogP contribution in [0.2, 0.25) is 5.02 Å². The summed E-state index contributed by atoms with van der Waals surface area (Å²) in [6, 6.07) is 10.1. The number of nitrogens with one attached hydrogen (secondary N) is 1. The number of benzene rings is 2. The van der Waals surface area contributed by atoms with Crippen LogP contribution in [0.4, 0.5) is 5.69 Å². The number of carbonyl (C=O) groups is 3. The minimum atomic E-state index is -3.89. The van der Waals surface area contributed by atoms with Crippen molar-refractivity contribution in [2.75, 3.05) is 38.0 Å². The van der Waals surface area contributed by atoms with Crippen molar-refractivity contribution < 1.29 is 41.7 Å². The summed E-state index contributed by atoms with van der Waals surface area (Å²) in [5, 5.41) is 0.373. The SMILES string of the molecule is CCCS(=O)(=O)NC(=O)C[C@H]1O[C@H](c2cccc(OC)c2OC)c2cc(Cl)ccc2N(CC(C)(C)COC(C)=O)C1=O. The number of hydrogen-bond acceptors (Lipinski definition) is 9. The molecule has 0 bridgehead atoms. The second kappa shape index (κ2) is 13.7. The number of sulfonamides is 1. The molecule has 0 spiro atoms. The summed E-state index contributed by atoms with van der Waals surface area (Å²) in [6.07, 6.45) is -2.65. The van der Waals surface area contributed by atoms with Gasteiger partial charge in [0, 0.05) is 40.7 Å². The van der Waals surface area contributed by atoms with Crippen molar-refractivity contribution in [2.45, 2.75) is 52.7 Å². The molecule has 0 aliphatic carbocycles. The van der Waals surface area contributed by atoms with Gasteiger partial charge in [-0.25, -0.2) is 8.42 Å². The monoisotopic (exact) mass is 624 g/mol. The third kappa shape index (κ3) is 8.14. The molecule has 230 valence electrons. The number of rotatable bonds is 12. The maximum absolute atomic E-state index is 14.2. The van der Waals surface area contributed by atoms with Crippen molar-refractivity contribution in [3.8, 4) is 11.5 Å². The van der Waals surface area contributed by atoms with E-state index >= 15 is 0 Å². The zero-order chi connectivity index (χ0) is 31.2. The number of amides is 2. The normalized spacial score (nSPS) is 17.2. The molecule has 3 rings (SSSR count). The van der Waals surface area contributed by atoms with Gasteiger partial charge in [0.05, 0.1) is 33.0 Å². The fraction of sp³-hybridized carbons (Fsp3) is 0.483. The summed E-state index contributed by atoms with van der Waals surface area (Å²) < 4.78 is 49.4. The number of fused-ring (bicyclic) bond motifs is 1. The highest BCUT2D eigenvalue weighted by Gasteiger charge is 2.41. The Morgan fingerprint density at radius 3 is 2.45 bits per heavy atom. The number of carbonyl (C=O) groups excluding carboxylic acids is 3. The van der Waals surface area contributed by atoms with Gasteiger partial charge in [0.1, 0.15) is 12.2 Å². The Balaban J connectivity index is 2.18. The smallest absolute Gasteiger partial charge is 0.302 e. The van der Waals surface area contributed by atoms with Gasteiger partial charge in [-0.15, -0.1) is 0 Å². The molecule has 2 atom stereocenters. The van der Waals surface area contributed by atoms with Gasteiger partial charge in [0.2, 0.25) is 15.9 Å². The van der Waals surface area contributed by atoms with Crippen LogP contribution in [-0.4, -0.2) is 65.4 Å². The summed E-state index contributed by atoms with van der Waals surface area (Å²) in [6.45, 7) is 6.71. The maximum Gasteiger partial charge on any atom is 0.302 e. The number of ether oxygens (including phenoxy) is 4. The highest BCUT2D eigenvalue weighted by molar-refractivity contribution is 7.90. The molecule has 0 aromatic heterocycles. The molecule has 0 saturated heterocycles. The van der Waals surface area contributed by atoms with Crippen molar-refractivity contribution in [2.24, 2.45) is 5.41 Å². The Morgan fingerprint density at radius 1 is 1.12 bits per heavy atom. The maximum atomic E-state index is 14.2. The second-order valence-electron chi connectivity index (χ2n) is 10.7. The average Bonchev–Trinajstić information content (AvgIpc) is 3.01. The molecule has 0 unspecified atom stereocenters. The summed E-state index contributed by atoms with van der Waals surface area (Å²) in [5.74, 6) is -1.42. The van der Waals surface area contributed by atoms with Gasteiger partial charge in [-0.2, -0.15) is 0 Å². The number of esters is 1. The minimum Gasteiger partial charge on any atom is -0.493 e. The molecule has 0 radical (unpaired) electrons. The highest BCUT2D eigenvalue weighted by Crippen LogP contribution is 2.45. The Kier molecular flexibility index (Phi) is 10.9. The molecule has 1 aliphatic heterocycles. The molecule has 13 heteroatoms. The first-order valence-electron chi connectivity index (χ1n) is 13.4. The largest absolute Gasteiger partial charge is 0.493 e. The van der Waals surface area contributed by atoms with Crippen LogP contribution in [0.15, 0.2) is 36.4 Å². The Hall–Kier alpha value is -3.35. The first-order valence-corrected chi connectivity index (χ1v) is 15.4. The van der Waals surface area contributed by atoms with E-state index in [0.29, 0.717) is 39.8 Å². The first-order chi connectivity index (χ1) is 19.7. The topological polar surface area (TPSA) is 138 Å². The molecule has 1 heterocycles. The molecule has 2 aromatic rings. The molecule has 2 aromatic carbocycles. The minimum absolute atomic E-state index is 0.0173. The van der Waals surface area contributed by atoms with E-state index in [1.165, 1.54) is 26.0 Å². The molecular formula is C29H37ClN2O9S. The molecule has 1 aliphatic rings. The summed E-state index contributed by atoms with van der Waals surface area (Å²) in [7, 11) is -0.939. The van der Waals surface area contributed by atoms with E-state index in [2.05, 4.69) is 0 Å². The molecule has 11 nitrogen and oxygen atoms in total. The predicted octanol–water partition coefficient (Wildman–Crippen LogP) is 4.01. The third-order valence-corrected chi connectivity index (χ3v) is 8.21. The van der Waals surface area contributed by atoms with Crippen LogP contribution >= 0.6 is 11.6 Å². The van der Waals surface area contributed by atoms with E-state index in [1.807, 2.05) is 18.6 Å². The number of para-hydroxylation sites is 1. The van der Waals surface area contributed by atoms with E-state index in [0.717, 1.165) is 0 Å². The lowest BCUT2D eigenvalue weighted by molar-refractivity contribution is -0.144. The molecule has 0 fully saturated rings. The predicted molar refractivity (Wildman–Crippen MR) is 157 cm³/mol. The lowest BCUT2D eigenvalue weighted by atomic mass is 9.92. The van der Waals surface area contributed by atoms with Crippen LogP contribution in [0.5, 0.6) is 11.5 Å². The molecule has 1 N–H and O–H groups in total. The van der Waals surface area contributed by atoms with Crippen molar-refractivity contribution in [3.63, 3.8) is 0 Å². The fourth-order valence-corrected chi connectivity index (χ4v) is 5.95. The molecule has 0 saturated carbocycles. The van der Waals surface area contributed by atoms with Gasteiger partial charge in [0.15, 0.2) is 11.5 Å². The van der Waals surface area contributed by atoms with Crippen molar-refractivity contribution in [1.29, 1.82) is 0 Å². The summed E-state index contributed by atoms with van der Waals surface area (Å²) in [5.41, 5.74) is 0.741. The van der Waals surface area contributed by atoms with Gasteiger partial charge < -0.3 is 23.8 Å². The van der Waals surface area contributed by atoms with Gasteiger partial charge in [-0.05, 0) is 30.7 Å². The molecular weight excluding hydrogens is 588 g/mol. The lowest BCUT2D eigenvalue weighted by Crippen LogP contribution is -2.47. The third-order valence-electron chi connectivity index (χ3n) is 6.49. The number of halogens is 1. The van der Waals surface area contributed by atoms with E-state index in [-0.39, 0.29) is 18.9 Å². The van der Waals surface area contributed by atoms with Crippen LogP contribution in [0, 0.1) is 5.41 Å². The first kappa shape index (κ1) is 33.2. The van der Waals surface area contributed by atoms with E-state index in [1.54, 1.807) is 43.3 Å². The van der Waals surface area contributed by atoms with Crippen LogP contribution in [-0.2, 0) is 33.9 Å². The molecule has 2 amide bonds.